The number of aryl methyl sites for hydroxylation is 1. The Balaban J connectivity index is 1.20. The molecule has 5 heterocycles. The highest BCUT2D eigenvalue weighted by molar-refractivity contribution is 6.30. The fraction of sp³-hybridized carbons (Fsp3) is 0.435. The van der Waals surface area contributed by atoms with Gasteiger partial charge in [-0.2, -0.15) is 14.6 Å². The van der Waals surface area contributed by atoms with Crippen molar-refractivity contribution in [1.29, 1.82) is 0 Å². The second-order valence-corrected chi connectivity index (χ2v) is 9.21. The van der Waals surface area contributed by atoms with Gasteiger partial charge in [0.25, 0.3) is 5.56 Å². The fourth-order valence-electron chi connectivity index (χ4n) is 4.60. The molecule has 2 aliphatic rings. The Kier molecular flexibility index (Phi) is 5.75. The van der Waals surface area contributed by atoms with Crippen molar-refractivity contribution in [1.82, 2.24) is 29.3 Å². The molecule has 6 rings (SSSR count). The molecule has 2 atom stereocenters. The lowest BCUT2D eigenvalue weighted by Gasteiger charge is -2.26. The van der Waals surface area contributed by atoms with Gasteiger partial charge in [-0.3, -0.25) is 9.36 Å². The van der Waals surface area contributed by atoms with Gasteiger partial charge in [0, 0.05) is 24.0 Å². The number of imidazole rings is 1. The molecule has 11 nitrogen and oxygen atoms in total. The number of benzene rings is 1. The number of aromatic nitrogens is 6. The minimum atomic E-state index is -0.212. The Morgan fingerprint density at radius 3 is 2.74 bits per heavy atom. The summed E-state index contributed by atoms with van der Waals surface area (Å²) in [5.41, 5.74) is 1.92. The second-order valence-electron chi connectivity index (χ2n) is 8.77. The molecule has 0 bridgehead atoms. The molecule has 2 aliphatic heterocycles. The fourth-order valence-corrected chi connectivity index (χ4v) is 4.73. The van der Waals surface area contributed by atoms with Crippen LogP contribution in [-0.4, -0.2) is 62.2 Å². The summed E-state index contributed by atoms with van der Waals surface area (Å²) in [5, 5.41) is 9.33. The Labute approximate surface area is 205 Å². The van der Waals surface area contributed by atoms with Crippen molar-refractivity contribution in [2.45, 2.75) is 31.9 Å². The van der Waals surface area contributed by atoms with Gasteiger partial charge in [-0.1, -0.05) is 28.9 Å². The lowest BCUT2D eigenvalue weighted by atomic mass is 10.0. The van der Waals surface area contributed by atoms with Crippen LogP contribution < -0.4 is 10.5 Å². The second kappa shape index (κ2) is 9.06. The van der Waals surface area contributed by atoms with Gasteiger partial charge in [-0.15, -0.1) is 0 Å². The maximum absolute atomic E-state index is 13.2. The molecule has 4 aromatic rings. The topological polar surface area (TPSA) is 113 Å². The zero-order chi connectivity index (χ0) is 23.9. The third kappa shape index (κ3) is 4.19. The van der Waals surface area contributed by atoms with Crippen LogP contribution in [0.3, 0.4) is 0 Å². The molecule has 2 saturated heterocycles. The zero-order valence-electron chi connectivity index (χ0n) is 19.1. The van der Waals surface area contributed by atoms with Crippen molar-refractivity contribution in [2.75, 3.05) is 37.8 Å². The molecule has 12 heteroatoms. The molecule has 2 unspecified atom stereocenters. The van der Waals surface area contributed by atoms with Crippen molar-refractivity contribution in [3.8, 4) is 0 Å². The van der Waals surface area contributed by atoms with E-state index in [1.54, 1.807) is 4.52 Å². The normalized spacial score (nSPS) is 20.7. The minimum Gasteiger partial charge on any atom is -0.378 e. The van der Waals surface area contributed by atoms with Gasteiger partial charge in [0.1, 0.15) is 12.9 Å². The first-order chi connectivity index (χ1) is 17.1. The number of nitrogens with zero attached hydrogens (tertiary/aromatic N) is 7. The number of anilines is 1. The largest absolute Gasteiger partial charge is 0.378 e. The van der Waals surface area contributed by atoms with E-state index in [1.165, 1.54) is 10.9 Å². The molecule has 182 valence electrons. The number of hydrogen-bond acceptors (Lipinski definition) is 9. The molecule has 0 spiro atoms. The lowest BCUT2D eigenvalue weighted by molar-refractivity contribution is 0.110. The van der Waals surface area contributed by atoms with Crippen LogP contribution in [0, 0.1) is 6.92 Å². The average Bonchev–Trinajstić information content (AvgIpc) is 3.61. The van der Waals surface area contributed by atoms with Crippen LogP contribution in [0.1, 0.15) is 41.4 Å². The van der Waals surface area contributed by atoms with Crippen LogP contribution in [0.15, 0.2) is 39.9 Å². The monoisotopic (exact) mass is 497 g/mol. The van der Waals surface area contributed by atoms with E-state index < -0.39 is 0 Å². The minimum absolute atomic E-state index is 0.0126. The van der Waals surface area contributed by atoms with Gasteiger partial charge in [-0.25, -0.2) is 4.98 Å². The summed E-state index contributed by atoms with van der Waals surface area (Å²) in [4.78, 5) is 24.5. The highest BCUT2D eigenvalue weighted by atomic mass is 35.5. The number of morpholine rings is 1. The molecule has 0 amide bonds. The van der Waals surface area contributed by atoms with Gasteiger partial charge < -0.3 is 18.9 Å². The number of halogens is 1. The van der Waals surface area contributed by atoms with Crippen LogP contribution in [0.2, 0.25) is 5.02 Å². The standard InChI is InChI=1S/C23H24ClN7O4/c1-14-20-22(32)30(13-25-31(20)23(26-14)29-6-8-33-9-7-29)11-19-27-21(28-35-19)16-10-18(34-12-16)15-2-4-17(24)5-3-15/h2-5,13,16,18H,6-12H2,1H3. The molecule has 3 aromatic heterocycles. The van der Waals surface area contributed by atoms with Crippen molar-refractivity contribution in [2.24, 2.45) is 0 Å². The van der Waals surface area contributed by atoms with Crippen LogP contribution in [-0.2, 0) is 16.0 Å². The van der Waals surface area contributed by atoms with Gasteiger partial charge in [0.05, 0.1) is 31.6 Å². The SMILES string of the molecule is Cc1nc(N2CCOCC2)n2ncn(Cc3nc(C4COC(c5ccc(Cl)cc5)C4)no3)c(=O)c12. The molecule has 35 heavy (non-hydrogen) atoms. The maximum Gasteiger partial charge on any atom is 0.280 e. The first-order valence-corrected chi connectivity index (χ1v) is 11.9. The van der Waals surface area contributed by atoms with E-state index in [9.17, 15) is 4.79 Å². The molecule has 0 N–H and O–H groups in total. The van der Waals surface area contributed by atoms with E-state index in [2.05, 4.69) is 25.1 Å². The predicted molar refractivity (Wildman–Crippen MR) is 126 cm³/mol. The zero-order valence-corrected chi connectivity index (χ0v) is 19.9. The third-order valence-corrected chi connectivity index (χ3v) is 6.72. The maximum atomic E-state index is 13.2. The smallest absolute Gasteiger partial charge is 0.280 e. The highest BCUT2D eigenvalue weighted by Crippen LogP contribution is 2.37. The van der Waals surface area contributed by atoms with Crippen molar-refractivity contribution in [3.63, 3.8) is 0 Å². The van der Waals surface area contributed by atoms with Crippen LogP contribution in [0.5, 0.6) is 0 Å². The first kappa shape index (κ1) is 22.2. The van der Waals surface area contributed by atoms with Crippen molar-refractivity contribution in [3.05, 3.63) is 68.9 Å². The van der Waals surface area contributed by atoms with Gasteiger partial charge in [0.2, 0.25) is 11.8 Å². The van der Waals surface area contributed by atoms with E-state index in [0.717, 1.165) is 12.0 Å². The average molecular weight is 498 g/mol. The van der Waals surface area contributed by atoms with Gasteiger partial charge in [-0.05, 0) is 31.0 Å². The molecule has 0 saturated carbocycles. The van der Waals surface area contributed by atoms with Crippen LogP contribution >= 0.6 is 11.6 Å². The molecule has 0 aliphatic carbocycles. The quantitative estimate of drug-likeness (QED) is 0.410. The Bertz CT molecular complexity index is 1410. The first-order valence-electron chi connectivity index (χ1n) is 11.5. The summed E-state index contributed by atoms with van der Waals surface area (Å²) in [6.07, 6.45) is 2.19. The summed E-state index contributed by atoms with van der Waals surface area (Å²) in [6.45, 7) is 5.10. The van der Waals surface area contributed by atoms with Crippen molar-refractivity contribution < 1.29 is 14.0 Å². The van der Waals surface area contributed by atoms with E-state index in [4.69, 9.17) is 25.6 Å². The Morgan fingerprint density at radius 1 is 1.14 bits per heavy atom. The van der Waals surface area contributed by atoms with Gasteiger partial charge in [0.15, 0.2) is 11.3 Å². The summed E-state index contributed by atoms with van der Waals surface area (Å²) in [5.74, 6) is 1.59. The van der Waals surface area contributed by atoms with E-state index in [1.807, 2.05) is 31.2 Å². The predicted octanol–water partition coefficient (Wildman–Crippen LogP) is 2.37. The Morgan fingerprint density at radius 2 is 1.94 bits per heavy atom. The Hall–Kier alpha value is -3.28. The highest BCUT2D eigenvalue weighted by Gasteiger charge is 2.31. The van der Waals surface area contributed by atoms with Crippen LogP contribution in [0.4, 0.5) is 5.95 Å². The third-order valence-electron chi connectivity index (χ3n) is 6.47. The molecule has 2 fully saturated rings. The summed E-state index contributed by atoms with van der Waals surface area (Å²) < 4.78 is 19.9. The summed E-state index contributed by atoms with van der Waals surface area (Å²) >= 11 is 5.99. The number of rotatable bonds is 5. The number of ether oxygens (including phenoxy) is 2. The van der Waals surface area contributed by atoms with E-state index in [-0.39, 0.29) is 24.1 Å². The lowest BCUT2D eigenvalue weighted by Crippen LogP contribution is -2.38. The summed E-state index contributed by atoms with van der Waals surface area (Å²) in [6, 6.07) is 7.65. The van der Waals surface area contributed by atoms with Crippen LogP contribution in [0.25, 0.3) is 5.52 Å². The molecule has 0 radical (unpaired) electrons. The number of hydrogen-bond donors (Lipinski definition) is 0. The molecular weight excluding hydrogens is 474 g/mol. The molecule has 1 aromatic carbocycles. The molecular formula is C23H24ClN7O4. The van der Waals surface area contributed by atoms with Crippen molar-refractivity contribution >= 4 is 23.1 Å². The van der Waals surface area contributed by atoms with E-state index in [0.29, 0.717) is 66.8 Å². The number of fused-ring (bicyclic) bond motifs is 1. The van der Waals surface area contributed by atoms with Gasteiger partial charge >= 0.3 is 0 Å². The summed E-state index contributed by atoms with van der Waals surface area (Å²) in [7, 11) is 0. The van der Waals surface area contributed by atoms with E-state index >= 15 is 0 Å².